The fourth-order valence-corrected chi connectivity index (χ4v) is 2.79. The highest BCUT2D eigenvalue weighted by Gasteiger charge is 2.31. The molecule has 6 heteroatoms. The van der Waals surface area contributed by atoms with Gasteiger partial charge in [0.05, 0.1) is 18.3 Å². The molecule has 1 saturated heterocycles. The summed E-state index contributed by atoms with van der Waals surface area (Å²) in [7, 11) is 0. The summed E-state index contributed by atoms with van der Waals surface area (Å²) in [5.74, 6) is 0.909. The lowest BCUT2D eigenvalue weighted by Crippen LogP contribution is -2.45. The Labute approximate surface area is 139 Å². The van der Waals surface area contributed by atoms with Crippen molar-refractivity contribution in [1.29, 1.82) is 0 Å². The number of carbonyl (C=O) groups excluding carboxylic acids is 1. The van der Waals surface area contributed by atoms with Gasteiger partial charge >= 0.3 is 0 Å². The minimum atomic E-state index is -0.187. The molecular formula is C17H30N4O2. The lowest BCUT2D eigenvalue weighted by Gasteiger charge is -2.21. The summed E-state index contributed by atoms with van der Waals surface area (Å²) in [6, 6.07) is -0.187. The van der Waals surface area contributed by atoms with Gasteiger partial charge in [-0.1, -0.05) is 13.8 Å². The third-order valence-electron chi connectivity index (χ3n) is 4.28. The van der Waals surface area contributed by atoms with Gasteiger partial charge in [-0.2, -0.15) is 5.10 Å². The minimum absolute atomic E-state index is 0.0629. The van der Waals surface area contributed by atoms with E-state index >= 15 is 0 Å². The molecule has 2 N–H and O–H groups in total. The van der Waals surface area contributed by atoms with Crippen LogP contribution in [0.4, 0.5) is 0 Å². The normalized spacial score (nSPS) is 22.5. The van der Waals surface area contributed by atoms with Gasteiger partial charge in [-0.3, -0.25) is 9.48 Å². The number of nitrogens with one attached hydrogen (secondary N) is 2. The Morgan fingerprint density at radius 3 is 2.91 bits per heavy atom. The summed E-state index contributed by atoms with van der Waals surface area (Å²) in [6.07, 6.45) is 5.04. The predicted molar refractivity (Wildman–Crippen MR) is 90.0 cm³/mol. The van der Waals surface area contributed by atoms with Gasteiger partial charge in [0, 0.05) is 43.9 Å². The maximum atomic E-state index is 12.0. The standard InChI is InChI=1S/C17H30N4O2/c1-5-21-11-15(10-20-21)16-14(6-7-23-16)9-18-13(4)17(22)19-8-12(2)3/h10-14,16,18H,5-9H2,1-4H3,(H,19,22)/t13-,14+,16+/m0/s1. The molecule has 130 valence electrons. The second kappa shape index (κ2) is 8.45. The van der Waals surface area contributed by atoms with E-state index in [1.807, 2.05) is 17.8 Å². The van der Waals surface area contributed by atoms with Crippen LogP contribution in [0.5, 0.6) is 0 Å². The first-order valence-electron chi connectivity index (χ1n) is 8.66. The Morgan fingerprint density at radius 2 is 2.26 bits per heavy atom. The van der Waals surface area contributed by atoms with Crippen molar-refractivity contribution in [2.24, 2.45) is 11.8 Å². The van der Waals surface area contributed by atoms with Crippen LogP contribution >= 0.6 is 0 Å². The predicted octanol–water partition coefficient (Wildman–Crippen LogP) is 1.73. The third kappa shape index (κ3) is 5.04. The fraction of sp³-hybridized carbons (Fsp3) is 0.765. The molecule has 1 aliphatic rings. The first-order valence-corrected chi connectivity index (χ1v) is 8.66. The van der Waals surface area contributed by atoms with E-state index in [1.54, 1.807) is 0 Å². The summed E-state index contributed by atoms with van der Waals surface area (Å²) < 4.78 is 7.81. The number of hydrogen-bond donors (Lipinski definition) is 2. The van der Waals surface area contributed by atoms with E-state index in [0.29, 0.717) is 11.8 Å². The summed E-state index contributed by atoms with van der Waals surface area (Å²) >= 11 is 0. The van der Waals surface area contributed by atoms with Crippen LogP contribution < -0.4 is 10.6 Å². The molecular weight excluding hydrogens is 292 g/mol. The number of aromatic nitrogens is 2. The third-order valence-corrected chi connectivity index (χ3v) is 4.28. The molecule has 0 unspecified atom stereocenters. The summed E-state index contributed by atoms with van der Waals surface area (Å²) in [5.41, 5.74) is 1.13. The Morgan fingerprint density at radius 1 is 1.48 bits per heavy atom. The largest absolute Gasteiger partial charge is 0.373 e. The van der Waals surface area contributed by atoms with E-state index in [1.165, 1.54) is 0 Å². The van der Waals surface area contributed by atoms with E-state index in [4.69, 9.17) is 4.74 Å². The van der Waals surface area contributed by atoms with Crippen molar-refractivity contribution >= 4 is 5.91 Å². The maximum absolute atomic E-state index is 12.0. The fourth-order valence-electron chi connectivity index (χ4n) is 2.79. The topological polar surface area (TPSA) is 68.2 Å². The van der Waals surface area contributed by atoms with E-state index in [0.717, 1.165) is 38.2 Å². The molecule has 0 saturated carbocycles. The van der Waals surface area contributed by atoms with Crippen LogP contribution in [0, 0.1) is 11.8 Å². The zero-order valence-corrected chi connectivity index (χ0v) is 14.7. The maximum Gasteiger partial charge on any atom is 0.236 e. The molecule has 23 heavy (non-hydrogen) atoms. The SMILES string of the molecule is CCn1cc([C@@H]2OCC[C@@H]2CN[C@@H](C)C(=O)NCC(C)C)cn1. The van der Waals surface area contributed by atoms with Gasteiger partial charge in [-0.25, -0.2) is 0 Å². The van der Waals surface area contributed by atoms with Crippen LogP contribution in [0.2, 0.25) is 0 Å². The molecule has 0 bridgehead atoms. The van der Waals surface area contributed by atoms with Gasteiger partial charge in [0.25, 0.3) is 0 Å². The summed E-state index contributed by atoms with van der Waals surface area (Å²) in [4.78, 5) is 12.0. The second-order valence-corrected chi connectivity index (χ2v) is 6.74. The average Bonchev–Trinajstić information content (AvgIpc) is 3.18. The Balaban J connectivity index is 1.83. The molecule has 0 aliphatic carbocycles. The summed E-state index contributed by atoms with van der Waals surface area (Å²) in [6.45, 7) is 11.3. The number of carbonyl (C=O) groups is 1. The minimum Gasteiger partial charge on any atom is -0.373 e. The van der Waals surface area contributed by atoms with Gasteiger partial charge in [0.2, 0.25) is 5.91 Å². The van der Waals surface area contributed by atoms with E-state index < -0.39 is 0 Å². The highest BCUT2D eigenvalue weighted by atomic mass is 16.5. The molecule has 1 amide bonds. The molecule has 2 rings (SSSR count). The molecule has 1 aromatic rings. The number of nitrogens with zero attached hydrogens (tertiary/aromatic N) is 2. The van der Waals surface area contributed by atoms with Gasteiger partial charge < -0.3 is 15.4 Å². The van der Waals surface area contributed by atoms with Crippen molar-refractivity contribution in [2.75, 3.05) is 19.7 Å². The lowest BCUT2D eigenvalue weighted by molar-refractivity contribution is -0.123. The first kappa shape index (κ1) is 17.9. The van der Waals surface area contributed by atoms with Gasteiger partial charge in [0.15, 0.2) is 0 Å². The van der Waals surface area contributed by atoms with Crippen molar-refractivity contribution in [3.05, 3.63) is 18.0 Å². The Bertz CT molecular complexity index is 501. The van der Waals surface area contributed by atoms with Gasteiger partial charge in [0.1, 0.15) is 0 Å². The van der Waals surface area contributed by atoms with Crippen molar-refractivity contribution in [3.63, 3.8) is 0 Å². The molecule has 3 atom stereocenters. The number of hydrogen-bond acceptors (Lipinski definition) is 4. The zero-order chi connectivity index (χ0) is 16.8. The van der Waals surface area contributed by atoms with Crippen LogP contribution in [-0.2, 0) is 16.1 Å². The molecule has 1 aliphatic heterocycles. The molecule has 0 radical (unpaired) electrons. The molecule has 0 spiro atoms. The van der Waals surface area contributed by atoms with Crippen LogP contribution in [0.25, 0.3) is 0 Å². The molecule has 0 aromatic carbocycles. The molecule has 1 fully saturated rings. The quantitative estimate of drug-likeness (QED) is 0.765. The highest BCUT2D eigenvalue weighted by Crippen LogP contribution is 2.33. The Hall–Kier alpha value is -1.40. The van der Waals surface area contributed by atoms with E-state index in [-0.39, 0.29) is 18.1 Å². The van der Waals surface area contributed by atoms with Crippen LogP contribution in [0.3, 0.4) is 0 Å². The van der Waals surface area contributed by atoms with E-state index in [9.17, 15) is 4.79 Å². The monoisotopic (exact) mass is 322 g/mol. The second-order valence-electron chi connectivity index (χ2n) is 6.74. The van der Waals surface area contributed by atoms with Gasteiger partial charge in [-0.05, 0) is 26.2 Å². The van der Waals surface area contributed by atoms with Crippen molar-refractivity contribution in [2.45, 2.75) is 52.8 Å². The number of ether oxygens (including phenoxy) is 1. The van der Waals surface area contributed by atoms with Gasteiger partial charge in [-0.15, -0.1) is 0 Å². The highest BCUT2D eigenvalue weighted by molar-refractivity contribution is 5.81. The molecule has 2 heterocycles. The molecule has 1 aromatic heterocycles. The first-order chi connectivity index (χ1) is 11.0. The molecule has 6 nitrogen and oxygen atoms in total. The van der Waals surface area contributed by atoms with Crippen LogP contribution in [0.1, 0.15) is 45.8 Å². The van der Waals surface area contributed by atoms with Crippen molar-refractivity contribution < 1.29 is 9.53 Å². The van der Waals surface area contributed by atoms with Crippen LogP contribution in [0.15, 0.2) is 12.4 Å². The zero-order valence-electron chi connectivity index (χ0n) is 14.7. The lowest BCUT2D eigenvalue weighted by atomic mass is 9.97. The van der Waals surface area contributed by atoms with Crippen LogP contribution in [-0.4, -0.2) is 41.4 Å². The van der Waals surface area contributed by atoms with E-state index in [2.05, 4.69) is 42.7 Å². The summed E-state index contributed by atoms with van der Waals surface area (Å²) in [5, 5.41) is 10.6. The number of amides is 1. The smallest absolute Gasteiger partial charge is 0.236 e. The Kier molecular flexibility index (Phi) is 6.59. The average molecular weight is 322 g/mol. The number of rotatable bonds is 8. The van der Waals surface area contributed by atoms with Crippen molar-refractivity contribution in [3.8, 4) is 0 Å². The number of aryl methyl sites for hydroxylation is 1. The van der Waals surface area contributed by atoms with Crippen molar-refractivity contribution in [1.82, 2.24) is 20.4 Å².